The SMILES string of the molecule is Cc1cc(NC(=O)c2cccc(SNC(C)CN(C)C)c2)ccc1F. The summed E-state index contributed by atoms with van der Waals surface area (Å²) in [5.41, 5.74) is 1.65. The third-order valence-electron chi connectivity index (χ3n) is 3.53. The molecule has 2 aromatic rings. The van der Waals surface area contributed by atoms with Crippen LogP contribution in [-0.4, -0.2) is 37.5 Å². The minimum absolute atomic E-state index is 0.213. The van der Waals surface area contributed by atoms with Crippen molar-refractivity contribution in [1.29, 1.82) is 0 Å². The molecule has 0 saturated carbocycles. The van der Waals surface area contributed by atoms with Crippen molar-refractivity contribution in [2.24, 2.45) is 0 Å². The Morgan fingerprint density at radius 2 is 2.00 bits per heavy atom. The van der Waals surface area contributed by atoms with E-state index < -0.39 is 0 Å². The number of benzene rings is 2. The lowest BCUT2D eigenvalue weighted by molar-refractivity contribution is 0.102. The number of carbonyl (C=O) groups is 1. The monoisotopic (exact) mass is 361 g/mol. The van der Waals surface area contributed by atoms with Crippen molar-refractivity contribution in [3.05, 3.63) is 59.4 Å². The van der Waals surface area contributed by atoms with E-state index in [1.54, 1.807) is 25.1 Å². The van der Waals surface area contributed by atoms with Crippen molar-refractivity contribution in [2.45, 2.75) is 24.8 Å². The summed E-state index contributed by atoms with van der Waals surface area (Å²) < 4.78 is 16.7. The molecule has 0 saturated heterocycles. The second-order valence-corrected chi connectivity index (χ2v) is 7.24. The van der Waals surface area contributed by atoms with Crippen LogP contribution in [0.15, 0.2) is 47.4 Å². The highest BCUT2D eigenvalue weighted by Crippen LogP contribution is 2.19. The average molecular weight is 361 g/mol. The van der Waals surface area contributed by atoms with Crippen molar-refractivity contribution < 1.29 is 9.18 Å². The summed E-state index contributed by atoms with van der Waals surface area (Å²) in [6.07, 6.45) is 0. The van der Waals surface area contributed by atoms with Crippen LogP contribution in [0.4, 0.5) is 10.1 Å². The van der Waals surface area contributed by atoms with Crippen LogP contribution in [0.25, 0.3) is 0 Å². The summed E-state index contributed by atoms with van der Waals surface area (Å²) in [7, 11) is 4.07. The molecular formula is C19H24FN3OS. The van der Waals surface area contributed by atoms with Gasteiger partial charge in [0.25, 0.3) is 5.91 Å². The molecule has 2 aromatic carbocycles. The molecule has 25 heavy (non-hydrogen) atoms. The second-order valence-electron chi connectivity index (χ2n) is 6.33. The van der Waals surface area contributed by atoms with Gasteiger partial charge in [-0.15, -0.1) is 0 Å². The normalized spacial score (nSPS) is 12.2. The fourth-order valence-electron chi connectivity index (χ4n) is 2.38. The smallest absolute Gasteiger partial charge is 0.255 e. The Hall–Kier alpha value is -1.89. The van der Waals surface area contributed by atoms with Gasteiger partial charge in [0, 0.05) is 28.7 Å². The largest absolute Gasteiger partial charge is 0.322 e. The Kier molecular flexibility index (Phi) is 6.99. The summed E-state index contributed by atoms with van der Waals surface area (Å²) >= 11 is 1.51. The van der Waals surface area contributed by atoms with Crippen LogP contribution in [-0.2, 0) is 0 Å². The first-order valence-electron chi connectivity index (χ1n) is 8.10. The molecule has 0 heterocycles. The molecule has 1 unspecified atom stereocenters. The molecule has 2 N–H and O–H groups in total. The fourth-order valence-corrected chi connectivity index (χ4v) is 3.12. The highest BCUT2D eigenvalue weighted by molar-refractivity contribution is 7.97. The molecule has 1 atom stereocenters. The van der Waals surface area contributed by atoms with E-state index in [2.05, 4.69) is 21.9 Å². The zero-order valence-electron chi connectivity index (χ0n) is 15.0. The third kappa shape index (κ3) is 6.16. The molecule has 134 valence electrons. The Bertz CT molecular complexity index is 736. The van der Waals surface area contributed by atoms with Crippen LogP contribution >= 0.6 is 11.9 Å². The molecule has 0 aliphatic heterocycles. The van der Waals surface area contributed by atoms with Crippen molar-refractivity contribution in [3.8, 4) is 0 Å². The van der Waals surface area contributed by atoms with E-state index in [4.69, 9.17) is 0 Å². The second kappa shape index (κ2) is 8.99. The maximum absolute atomic E-state index is 13.3. The van der Waals surface area contributed by atoms with Crippen molar-refractivity contribution in [1.82, 2.24) is 9.62 Å². The molecule has 6 heteroatoms. The molecule has 0 radical (unpaired) electrons. The van der Waals surface area contributed by atoms with E-state index in [0.717, 1.165) is 11.4 Å². The van der Waals surface area contributed by atoms with Crippen LogP contribution in [0.2, 0.25) is 0 Å². The summed E-state index contributed by atoms with van der Waals surface area (Å²) in [5.74, 6) is -0.496. The maximum atomic E-state index is 13.3. The predicted molar refractivity (Wildman–Crippen MR) is 103 cm³/mol. The average Bonchev–Trinajstić information content (AvgIpc) is 2.56. The van der Waals surface area contributed by atoms with Crippen LogP contribution in [0, 0.1) is 12.7 Å². The quantitative estimate of drug-likeness (QED) is 0.734. The molecule has 0 spiro atoms. The molecule has 1 amide bonds. The Balaban J connectivity index is 1.99. The molecular weight excluding hydrogens is 337 g/mol. The summed E-state index contributed by atoms with van der Waals surface area (Å²) in [6.45, 7) is 4.71. The molecule has 0 bridgehead atoms. The van der Waals surface area contributed by atoms with Crippen molar-refractivity contribution >= 4 is 23.5 Å². The lowest BCUT2D eigenvalue weighted by atomic mass is 10.2. The lowest BCUT2D eigenvalue weighted by Gasteiger charge is -2.17. The van der Waals surface area contributed by atoms with Crippen molar-refractivity contribution in [2.75, 3.05) is 26.0 Å². The van der Waals surface area contributed by atoms with Gasteiger partial charge in [0.2, 0.25) is 0 Å². The van der Waals surface area contributed by atoms with E-state index >= 15 is 0 Å². The third-order valence-corrected chi connectivity index (χ3v) is 4.54. The van der Waals surface area contributed by atoms with E-state index in [-0.39, 0.29) is 11.7 Å². The molecule has 4 nitrogen and oxygen atoms in total. The summed E-state index contributed by atoms with van der Waals surface area (Å²) in [6, 6.07) is 12.3. The van der Waals surface area contributed by atoms with Gasteiger partial charge in [-0.1, -0.05) is 6.07 Å². The number of hydrogen-bond donors (Lipinski definition) is 2. The number of likely N-dealkylation sites (N-methyl/N-ethyl adjacent to an activating group) is 1. The first-order valence-corrected chi connectivity index (χ1v) is 8.91. The van der Waals surface area contributed by atoms with Gasteiger partial charge in [0.1, 0.15) is 5.82 Å². The predicted octanol–water partition coefficient (Wildman–Crippen LogP) is 3.93. The Morgan fingerprint density at radius 3 is 2.68 bits per heavy atom. The molecule has 0 aromatic heterocycles. The molecule has 0 fully saturated rings. The zero-order valence-corrected chi connectivity index (χ0v) is 15.8. The van der Waals surface area contributed by atoms with Crippen LogP contribution in [0.1, 0.15) is 22.8 Å². The van der Waals surface area contributed by atoms with Gasteiger partial charge in [-0.3, -0.25) is 9.52 Å². The van der Waals surface area contributed by atoms with Crippen LogP contribution in [0.5, 0.6) is 0 Å². The highest BCUT2D eigenvalue weighted by Gasteiger charge is 2.09. The molecule has 2 rings (SSSR count). The number of amides is 1. The number of rotatable bonds is 7. The first kappa shape index (κ1) is 19.4. The van der Waals surface area contributed by atoms with E-state index in [9.17, 15) is 9.18 Å². The minimum Gasteiger partial charge on any atom is -0.322 e. The topological polar surface area (TPSA) is 44.4 Å². The number of anilines is 1. The molecule has 0 aliphatic rings. The number of carbonyl (C=O) groups excluding carboxylic acids is 1. The van der Waals surface area contributed by atoms with E-state index in [1.165, 1.54) is 18.0 Å². The van der Waals surface area contributed by atoms with Crippen LogP contribution < -0.4 is 10.0 Å². The zero-order chi connectivity index (χ0) is 18.4. The van der Waals surface area contributed by atoms with Crippen molar-refractivity contribution in [3.63, 3.8) is 0 Å². The Labute approximate surface area is 152 Å². The number of halogens is 1. The van der Waals surface area contributed by atoms with Gasteiger partial charge in [-0.25, -0.2) is 4.39 Å². The van der Waals surface area contributed by atoms with Crippen LogP contribution in [0.3, 0.4) is 0 Å². The van der Waals surface area contributed by atoms with Gasteiger partial charge >= 0.3 is 0 Å². The lowest BCUT2D eigenvalue weighted by Crippen LogP contribution is -2.31. The van der Waals surface area contributed by atoms with Gasteiger partial charge in [-0.05, 0) is 81.9 Å². The van der Waals surface area contributed by atoms with Gasteiger partial charge in [0.05, 0.1) is 0 Å². The number of nitrogens with zero attached hydrogens (tertiary/aromatic N) is 1. The highest BCUT2D eigenvalue weighted by atomic mass is 32.2. The fraction of sp³-hybridized carbons (Fsp3) is 0.316. The van der Waals surface area contributed by atoms with E-state index in [0.29, 0.717) is 22.9 Å². The number of nitrogens with one attached hydrogen (secondary N) is 2. The maximum Gasteiger partial charge on any atom is 0.255 e. The van der Waals surface area contributed by atoms with Gasteiger partial charge in [0.15, 0.2) is 0 Å². The standard InChI is InChI=1S/C19H24FN3OS/c1-13-10-16(8-9-18(13)20)21-19(24)15-6-5-7-17(11-15)25-22-14(2)12-23(3)4/h5-11,14,22H,12H2,1-4H3,(H,21,24). The number of hydrogen-bond acceptors (Lipinski definition) is 4. The number of aryl methyl sites for hydroxylation is 1. The minimum atomic E-state index is -0.283. The van der Waals surface area contributed by atoms with Gasteiger partial charge < -0.3 is 10.2 Å². The first-order chi connectivity index (χ1) is 11.8. The van der Waals surface area contributed by atoms with E-state index in [1.807, 2.05) is 32.3 Å². The molecule has 0 aliphatic carbocycles. The summed E-state index contributed by atoms with van der Waals surface area (Å²) in [4.78, 5) is 15.5. The Morgan fingerprint density at radius 1 is 1.24 bits per heavy atom. The van der Waals surface area contributed by atoms with Gasteiger partial charge in [-0.2, -0.15) is 0 Å². The summed E-state index contributed by atoms with van der Waals surface area (Å²) in [5, 5.41) is 2.80.